The fourth-order valence-electron chi connectivity index (χ4n) is 3.65. The van der Waals surface area contributed by atoms with Crippen molar-refractivity contribution in [1.29, 1.82) is 0 Å². The van der Waals surface area contributed by atoms with Gasteiger partial charge in [-0.15, -0.1) is 0 Å². The molecule has 2 fully saturated rings. The van der Waals surface area contributed by atoms with Crippen molar-refractivity contribution >= 4 is 0 Å². The van der Waals surface area contributed by atoms with Crippen molar-refractivity contribution in [3.8, 4) is 0 Å². The third kappa shape index (κ3) is 3.46. The number of nitrogens with zero attached hydrogens (tertiary/aromatic N) is 2. The van der Waals surface area contributed by atoms with E-state index in [2.05, 4.69) is 27.1 Å². The summed E-state index contributed by atoms with van der Waals surface area (Å²) < 4.78 is 38.0. The van der Waals surface area contributed by atoms with Crippen LogP contribution in [0.1, 0.15) is 43.6 Å². The second kappa shape index (κ2) is 5.85. The van der Waals surface area contributed by atoms with Crippen LogP contribution in [0.4, 0.5) is 13.2 Å². The summed E-state index contributed by atoms with van der Waals surface area (Å²) in [7, 11) is 0. The molecule has 1 aromatic rings. The molecule has 2 unspecified atom stereocenters. The molecule has 0 aromatic carbocycles. The lowest BCUT2D eigenvalue weighted by Gasteiger charge is -2.37. The summed E-state index contributed by atoms with van der Waals surface area (Å²) in [6.07, 6.45) is -0.362. The Balaban J connectivity index is 1.64. The standard InChI is InChI=1S/C15H23F3N4/c1-14(4-5-19-9-14)10-22-6-2-3-11(8-22)13-20-7-12(21-13)15(16,17)18/h7,11,19H,2-6,8-10H2,1H3,(H,20,21). The quantitative estimate of drug-likeness (QED) is 0.901. The average molecular weight is 316 g/mol. The molecule has 0 spiro atoms. The summed E-state index contributed by atoms with van der Waals surface area (Å²) in [4.78, 5) is 8.83. The number of aromatic amines is 1. The minimum absolute atomic E-state index is 0.0720. The van der Waals surface area contributed by atoms with Gasteiger partial charge in [-0.2, -0.15) is 13.2 Å². The molecule has 0 saturated carbocycles. The van der Waals surface area contributed by atoms with Crippen LogP contribution < -0.4 is 5.32 Å². The van der Waals surface area contributed by atoms with Gasteiger partial charge in [0.05, 0.1) is 6.20 Å². The first kappa shape index (κ1) is 15.8. The Bertz CT molecular complexity index is 505. The van der Waals surface area contributed by atoms with E-state index < -0.39 is 11.9 Å². The van der Waals surface area contributed by atoms with Gasteiger partial charge in [0.15, 0.2) is 0 Å². The molecule has 2 atom stereocenters. The van der Waals surface area contributed by atoms with E-state index in [1.54, 1.807) is 0 Å². The van der Waals surface area contributed by atoms with E-state index in [1.165, 1.54) is 0 Å². The molecule has 1 aromatic heterocycles. The second-order valence-corrected chi connectivity index (χ2v) is 6.99. The monoisotopic (exact) mass is 316 g/mol. The van der Waals surface area contributed by atoms with Gasteiger partial charge >= 0.3 is 6.18 Å². The van der Waals surface area contributed by atoms with Gasteiger partial charge in [-0.05, 0) is 37.8 Å². The minimum Gasteiger partial charge on any atom is -0.338 e. The summed E-state index contributed by atoms with van der Waals surface area (Å²) >= 11 is 0. The number of rotatable bonds is 3. The van der Waals surface area contributed by atoms with E-state index in [1.807, 2.05) is 0 Å². The van der Waals surface area contributed by atoms with Gasteiger partial charge in [0.25, 0.3) is 0 Å². The Morgan fingerprint density at radius 2 is 2.27 bits per heavy atom. The van der Waals surface area contributed by atoms with Crippen LogP contribution in [0.2, 0.25) is 0 Å². The first-order chi connectivity index (χ1) is 10.4. The normalized spacial score (nSPS) is 30.8. The molecule has 7 heteroatoms. The van der Waals surface area contributed by atoms with Gasteiger partial charge in [-0.1, -0.05) is 6.92 Å². The zero-order valence-corrected chi connectivity index (χ0v) is 12.8. The van der Waals surface area contributed by atoms with Crippen molar-refractivity contribution in [2.45, 2.75) is 38.3 Å². The molecule has 22 heavy (non-hydrogen) atoms. The molecular weight excluding hydrogens is 293 g/mol. The summed E-state index contributed by atoms with van der Waals surface area (Å²) in [5.41, 5.74) is -0.464. The zero-order chi connectivity index (χ0) is 15.8. The van der Waals surface area contributed by atoms with Gasteiger partial charge in [-0.25, -0.2) is 4.98 Å². The highest BCUT2D eigenvalue weighted by Crippen LogP contribution is 2.33. The Morgan fingerprint density at radius 1 is 1.45 bits per heavy atom. The van der Waals surface area contributed by atoms with Crippen LogP contribution in [-0.2, 0) is 6.18 Å². The highest BCUT2D eigenvalue weighted by Gasteiger charge is 2.36. The smallest absolute Gasteiger partial charge is 0.338 e. The van der Waals surface area contributed by atoms with Crippen LogP contribution in [0.15, 0.2) is 6.20 Å². The molecule has 0 amide bonds. The van der Waals surface area contributed by atoms with Crippen LogP contribution >= 0.6 is 0 Å². The van der Waals surface area contributed by atoms with Crippen molar-refractivity contribution < 1.29 is 13.2 Å². The van der Waals surface area contributed by atoms with Crippen LogP contribution in [0.25, 0.3) is 0 Å². The van der Waals surface area contributed by atoms with E-state index in [9.17, 15) is 13.2 Å². The Kier molecular flexibility index (Phi) is 4.20. The fourth-order valence-corrected chi connectivity index (χ4v) is 3.65. The second-order valence-electron chi connectivity index (χ2n) is 6.99. The van der Waals surface area contributed by atoms with E-state index >= 15 is 0 Å². The number of piperidine rings is 1. The fraction of sp³-hybridized carbons (Fsp3) is 0.800. The average Bonchev–Trinajstić information content (AvgIpc) is 3.07. The Labute approximate surface area is 128 Å². The molecule has 2 aliphatic rings. The van der Waals surface area contributed by atoms with Gasteiger partial charge < -0.3 is 15.2 Å². The number of likely N-dealkylation sites (tertiary alicyclic amines) is 1. The topological polar surface area (TPSA) is 44.0 Å². The van der Waals surface area contributed by atoms with Crippen molar-refractivity contribution in [3.05, 3.63) is 17.7 Å². The zero-order valence-electron chi connectivity index (χ0n) is 12.8. The van der Waals surface area contributed by atoms with E-state index in [-0.39, 0.29) is 11.3 Å². The first-order valence-electron chi connectivity index (χ1n) is 7.91. The van der Waals surface area contributed by atoms with E-state index in [0.717, 1.165) is 58.2 Å². The van der Waals surface area contributed by atoms with Crippen molar-refractivity contribution in [3.63, 3.8) is 0 Å². The molecule has 3 rings (SSSR count). The highest BCUT2D eigenvalue weighted by molar-refractivity contribution is 5.10. The van der Waals surface area contributed by atoms with Crippen molar-refractivity contribution in [2.24, 2.45) is 5.41 Å². The van der Waals surface area contributed by atoms with E-state index in [0.29, 0.717) is 5.82 Å². The highest BCUT2D eigenvalue weighted by atomic mass is 19.4. The summed E-state index contributed by atoms with van der Waals surface area (Å²) in [6.45, 7) is 7.18. The third-order valence-corrected chi connectivity index (χ3v) is 4.86. The predicted molar refractivity (Wildman–Crippen MR) is 77.6 cm³/mol. The summed E-state index contributed by atoms with van der Waals surface area (Å²) in [6, 6.07) is 0. The van der Waals surface area contributed by atoms with Crippen LogP contribution in [0.5, 0.6) is 0 Å². The Morgan fingerprint density at radius 3 is 2.91 bits per heavy atom. The molecular formula is C15H23F3N4. The van der Waals surface area contributed by atoms with E-state index in [4.69, 9.17) is 0 Å². The number of halogens is 3. The lowest BCUT2D eigenvalue weighted by atomic mass is 9.87. The van der Waals surface area contributed by atoms with Gasteiger partial charge in [0, 0.05) is 25.6 Å². The summed E-state index contributed by atoms with van der Waals surface area (Å²) in [5, 5.41) is 3.40. The predicted octanol–water partition coefficient (Wildman–Crippen LogP) is 2.61. The molecule has 2 saturated heterocycles. The van der Waals surface area contributed by atoms with Crippen LogP contribution in [0.3, 0.4) is 0 Å². The molecule has 2 aliphatic heterocycles. The third-order valence-electron chi connectivity index (χ3n) is 4.86. The number of hydrogen-bond donors (Lipinski definition) is 2. The first-order valence-corrected chi connectivity index (χ1v) is 7.91. The number of aromatic nitrogens is 2. The minimum atomic E-state index is -4.34. The van der Waals surface area contributed by atoms with Gasteiger partial charge in [0.2, 0.25) is 0 Å². The SMILES string of the molecule is CC1(CN2CCCC(c3ncc(C(F)(F)F)[nH]3)C2)CCNC1. The van der Waals surface area contributed by atoms with Crippen molar-refractivity contribution in [2.75, 3.05) is 32.7 Å². The van der Waals surface area contributed by atoms with Gasteiger partial charge in [-0.3, -0.25) is 0 Å². The lowest BCUT2D eigenvalue weighted by Crippen LogP contribution is -2.42. The number of H-pyrrole nitrogens is 1. The molecule has 0 radical (unpaired) electrons. The maximum atomic E-state index is 12.7. The molecule has 2 N–H and O–H groups in total. The number of alkyl halides is 3. The molecule has 3 heterocycles. The molecule has 4 nitrogen and oxygen atoms in total. The van der Waals surface area contributed by atoms with Gasteiger partial charge in [0.1, 0.15) is 11.5 Å². The van der Waals surface area contributed by atoms with Crippen LogP contribution in [-0.4, -0.2) is 47.6 Å². The van der Waals surface area contributed by atoms with Crippen LogP contribution in [0, 0.1) is 5.41 Å². The number of nitrogens with one attached hydrogen (secondary N) is 2. The number of hydrogen-bond acceptors (Lipinski definition) is 3. The summed E-state index contributed by atoms with van der Waals surface area (Å²) in [5.74, 6) is 0.550. The maximum absolute atomic E-state index is 12.7. The number of imidazole rings is 1. The Hall–Kier alpha value is -1.08. The maximum Gasteiger partial charge on any atom is 0.432 e. The molecule has 124 valence electrons. The molecule has 0 bridgehead atoms. The lowest BCUT2D eigenvalue weighted by molar-refractivity contribution is -0.141. The van der Waals surface area contributed by atoms with Crippen molar-refractivity contribution in [1.82, 2.24) is 20.2 Å². The largest absolute Gasteiger partial charge is 0.432 e. The molecule has 0 aliphatic carbocycles.